The smallest absolute Gasteiger partial charge is 0.259 e. The molecular weight excluding hydrogens is 376 g/mol. The number of hydrogen-bond acceptors (Lipinski definition) is 3. The minimum absolute atomic E-state index is 0. The highest BCUT2D eigenvalue weighted by molar-refractivity contribution is 5.95. The molecule has 2 amide bonds. The molecule has 4 rings (SSSR count). The molecule has 5 nitrogen and oxygen atoms in total. The normalized spacial score (nSPS) is 29.6. The van der Waals surface area contributed by atoms with Gasteiger partial charge in [-0.3, -0.25) is 9.59 Å². The number of nitrogens with zero attached hydrogens (tertiary/aromatic N) is 2. The van der Waals surface area contributed by atoms with Crippen LogP contribution in [0.5, 0.6) is 0 Å². The lowest BCUT2D eigenvalue weighted by atomic mass is 9.84. The lowest BCUT2D eigenvalue weighted by molar-refractivity contribution is -0.139. The van der Waals surface area contributed by atoms with Gasteiger partial charge in [0.15, 0.2) is 0 Å². The van der Waals surface area contributed by atoms with Crippen LogP contribution in [-0.2, 0) is 4.79 Å². The minimum Gasteiger partial charge on any atom is -0.339 e. The van der Waals surface area contributed by atoms with E-state index in [1.165, 1.54) is 11.0 Å². The van der Waals surface area contributed by atoms with Crippen molar-refractivity contribution in [1.29, 1.82) is 0 Å². The van der Waals surface area contributed by atoms with E-state index in [4.69, 9.17) is 5.73 Å². The average Bonchev–Trinajstić information content (AvgIpc) is 3.22. The Kier molecular flexibility index (Phi) is 5.72. The third-order valence-corrected chi connectivity index (χ3v) is 6.32. The number of hydrogen-bond donors (Lipinski definition) is 1. The standard InChI is InChI=1S/C19H23F2N3O2.ClH/c20-13-2-1-3-14(21)16(13)19(26)24-8-6-23(7-9-24)18(25)15-11-4-5-12(10-11)17(15)22;/h1-3,11-12,15,17H,4-10,22H2;1H. The van der Waals surface area contributed by atoms with Crippen LogP contribution >= 0.6 is 12.4 Å². The van der Waals surface area contributed by atoms with E-state index in [0.29, 0.717) is 24.9 Å². The van der Waals surface area contributed by atoms with Crippen LogP contribution in [0.3, 0.4) is 0 Å². The third-order valence-electron chi connectivity index (χ3n) is 6.32. The number of benzene rings is 1. The van der Waals surface area contributed by atoms with E-state index >= 15 is 0 Å². The van der Waals surface area contributed by atoms with Crippen LogP contribution in [0.25, 0.3) is 0 Å². The molecule has 3 aliphatic rings. The van der Waals surface area contributed by atoms with Crippen molar-refractivity contribution in [3.05, 3.63) is 35.4 Å². The van der Waals surface area contributed by atoms with E-state index in [1.54, 1.807) is 4.90 Å². The van der Waals surface area contributed by atoms with Gasteiger partial charge < -0.3 is 15.5 Å². The van der Waals surface area contributed by atoms with Crippen molar-refractivity contribution in [3.8, 4) is 0 Å². The molecule has 27 heavy (non-hydrogen) atoms. The summed E-state index contributed by atoms with van der Waals surface area (Å²) in [6.45, 7) is 1.30. The Morgan fingerprint density at radius 2 is 1.52 bits per heavy atom. The number of nitrogens with two attached hydrogens (primary N) is 1. The topological polar surface area (TPSA) is 66.6 Å². The van der Waals surface area contributed by atoms with E-state index in [9.17, 15) is 18.4 Å². The molecule has 1 aromatic carbocycles. The molecule has 2 aliphatic carbocycles. The molecule has 0 radical (unpaired) electrons. The molecule has 4 unspecified atom stereocenters. The zero-order valence-corrected chi connectivity index (χ0v) is 15.8. The molecule has 1 aromatic rings. The highest BCUT2D eigenvalue weighted by atomic mass is 35.5. The first-order valence-electron chi connectivity index (χ1n) is 9.25. The predicted molar refractivity (Wildman–Crippen MR) is 98.4 cm³/mol. The maximum atomic E-state index is 13.8. The van der Waals surface area contributed by atoms with Gasteiger partial charge in [0.1, 0.15) is 17.2 Å². The summed E-state index contributed by atoms with van der Waals surface area (Å²) in [7, 11) is 0. The van der Waals surface area contributed by atoms with Crippen LogP contribution in [0.4, 0.5) is 8.78 Å². The molecule has 148 valence electrons. The monoisotopic (exact) mass is 399 g/mol. The van der Waals surface area contributed by atoms with E-state index < -0.39 is 23.1 Å². The quantitative estimate of drug-likeness (QED) is 0.827. The van der Waals surface area contributed by atoms with Gasteiger partial charge in [0.25, 0.3) is 5.91 Å². The first-order chi connectivity index (χ1) is 12.5. The van der Waals surface area contributed by atoms with Crippen LogP contribution < -0.4 is 5.73 Å². The summed E-state index contributed by atoms with van der Waals surface area (Å²) in [5.74, 6) is -1.57. The van der Waals surface area contributed by atoms with E-state index in [2.05, 4.69) is 0 Å². The molecular formula is C19H24ClF2N3O2. The zero-order valence-electron chi connectivity index (χ0n) is 14.9. The maximum Gasteiger partial charge on any atom is 0.259 e. The Morgan fingerprint density at radius 1 is 0.963 bits per heavy atom. The molecule has 2 saturated carbocycles. The van der Waals surface area contributed by atoms with Crippen molar-refractivity contribution in [1.82, 2.24) is 9.80 Å². The lowest BCUT2D eigenvalue weighted by Gasteiger charge is -2.38. The van der Waals surface area contributed by atoms with Crippen LogP contribution in [0, 0.1) is 29.4 Å². The SMILES string of the molecule is Cl.NC1C2CCC(C2)C1C(=O)N1CCN(C(=O)c2c(F)cccc2F)CC1. The van der Waals surface area contributed by atoms with E-state index in [-0.39, 0.29) is 43.4 Å². The van der Waals surface area contributed by atoms with Crippen molar-refractivity contribution in [2.75, 3.05) is 26.2 Å². The van der Waals surface area contributed by atoms with Crippen LogP contribution in [0.15, 0.2) is 18.2 Å². The zero-order chi connectivity index (χ0) is 18.4. The van der Waals surface area contributed by atoms with E-state index in [1.807, 2.05) is 0 Å². The second kappa shape index (κ2) is 7.72. The summed E-state index contributed by atoms with van der Waals surface area (Å²) in [6.07, 6.45) is 3.23. The summed E-state index contributed by atoms with van der Waals surface area (Å²) in [4.78, 5) is 28.5. The number of carbonyl (C=O) groups excluding carboxylic acids is 2. The molecule has 1 aliphatic heterocycles. The maximum absolute atomic E-state index is 13.8. The molecule has 8 heteroatoms. The first kappa shape index (κ1) is 20.0. The third kappa shape index (κ3) is 3.43. The number of piperazine rings is 1. The second-order valence-corrected chi connectivity index (χ2v) is 7.65. The fraction of sp³-hybridized carbons (Fsp3) is 0.579. The van der Waals surface area contributed by atoms with Gasteiger partial charge >= 0.3 is 0 Å². The van der Waals surface area contributed by atoms with Gasteiger partial charge in [-0.1, -0.05) is 6.07 Å². The van der Waals surface area contributed by atoms with Gasteiger partial charge in [-0.25, -0.2) is 8.78 Å². The van der Waals surface area contributed by atoms with Crippen molar-refractivity contribution in [2.45, 2.75) is 25.3 Å². The Morgan fingerprint density at radius 3 is 2.07 bits per heavy atom. The van der Waals surface area contributed by atoms with Gasteiger partial charge in [0.2, 0.25) is 5.91 Å². The number of amides is 2. The fourth-order valence-electron chi connectivity index (χ4n) is 4.90. The molecule has 3 fully saturated rings. The van der Waals surface area contributed by atoms with Gasteiger partial charge in [0, 0.05) is 32.2 Å². The van der Waals surface area contributed by atoms with Crippen LogP contribution in [-0.4, -0.2) is 53.8 Å². The Balaban J connectivity index is 0.00000210. The number of fused-ring (bicyclic) bond motifs is 2. The Bertz CT molecular complexity index is 717. The number of halogens is 3. The highest BCUT2D eigenvalue weighted by Crippen LogP contribution is 2.48. The summed E-state index contributed by atoms with van der Waals surface area (Å²) in [5, 5.41) is 0. The molecule has 1 heterocycles. The fourth-order valence-corrected chi connectivity index (χ4v) is 4.90. The van der Waals surface area contributed by atoms with E-state index in [0.717, 1.165) is 31.4 Å². The first-order valence-corrected chi connectivity index (χ1v) is 9.25. The largest absolute Gasteiger partial charge is 0.339 e. The van der Waals surface area contributed by atoms with Gasteiger partial charge in [0.05, 0.1) is 5.92 Å². The van der Waals surface area contributed by atoms with Crippen molar-refractivity contribution in [2.24, 2.45) is 23.5 Å². The summed E-state index contributed by atoms with van der Waals surface area (Å²) >= 11 is 0. The number of carbonyl (C=O) groups is 2. The molecule has 1 saturated heterocycles. The molecule has 0 aromatic heterocycles. The molecule has 2 bridgehead atoms. The van der Waals surface area contributed by atoms with Gasteiger partial charge in [-0.2, -0.15) is 0 Å². The summed E-state index contributed by atoms with van der Waals surface area (Å²) in [5.41, 5.74) is 5.74. The lowest BCUT2D eigenvalue weighted by Crippen LogP contribution is -2.55. The summed E-state index contributed by atoms with van der Waals surface area (Å²) in [6, 6.07) is 3.32. The van der Waals surface area contributed by atoms with Crippen LogP contribution in [0.1, 0.15) is 29.6 Å². The van der Waals surface area contributed by atoms with Crippen molar-refractivity contribution >= 4 is 24.2 Å². The predicted octanol–water partition coefficient (Wildman–Crippen LogP) is 2.04. The highest BCUT2D eigenvalue weighted by Gasteiger charge is 2.50. The molecule has 2 N–H and O–H groups in total. The van der Waals surface area contributed by atoms with Crippen molar-refractivity contribution < 1.29 is 18.4 Å². The van der Waals surface area contributed by atoms with Crippen LogP contribution in [0.2, 0.25) is 0 Å². The van der Waals surface area contributed by atoms with Crippen molar-refractivity contribution in [3.63, 3.8) is 0 Å². The summed E-state index contributed by atoms with van der Waals surface area (Å²) < 4.78 is 27.7. The molecule has 0 spiro atoms. The molecule has 4 atom stereocenters. The van der Waals surface area contributed by atoms with Gasteiger partial charge in [-0.05, 0) is 43.2 Å². The second-order valence-electron chi connectivity index (χ2n) is 7.65. The Hall–Kier alpha value is -1.73. The van der Waals surface area contributed by atoms with Gasteiger partial charge in [-0.15, -0.1) is 12.4 Å². The Labute approximate surface area is 163 Å². The number of rotatable bonds is 2. The minimum atomic E-state index is -0.860. The average molecular weight is 400 g/mol.